The van der Waals surface area contributed by atoms with E-state index < -0.39 is 0 Å². The summed E-state index contributed by atoms with van der Waals surface area (Å²) in [6.07, 6.45) is 3.42. The van der Waals surface area contributed by atoms with E-state index in [1.807, 2.05) is 54.6 Å². The van der Waals surface area contributed by atoms with Gasteiger partial charge in [0.1, 0.15) is 6.54 Å². The lowest BCUT2D eigenvalue weighted by Crippen LogP contribution is -2.14. The molecule has 0 spiro atoms. The first-order chi connectivity index (χ1) is 13.7. The molecule has 0 bridgehead atoms. The molecule has 6 heteroatoms. The summed E-state index contributed by atoms with van der Waals surface area (Å²) < 4.78 is 18.6. The van der Waals surface area contributed by atoms with Crippen molar-refractivity contribution in [2.45, 2.75) is 25.7 Å². The van der Waals surface area contributed by atoms with Gasteiger partial charge in [-0.2, -0.15) is 5.10 Å². The van der Waals surface area contributed by atoms with Crippen molar-refractivity contribution in [1.29, 1.82) is 0 Å². The number of carbonyl (C=O) groups is 1. The van der Waals surface area contributed by atoms with Crippen LogP contribution in [0.3, 0.4) is 0 Å². The van der Waals surface area contributed by atoms with Gasteiger partial charge >= 0.3 is 0 Å². The van der Waals surface area contributed by atoms with E-state index in [-0.39, 0.29) is 18.6 Å². The summed E-state index contributed by atoms with van der Waals surface area (Å²) in [5.74, 6) is 1.30. The van der Waals surface area contributed by atoms with Crippen LogP contribution in [0.4, 0.5) is 0 Å². The number of nitrogens with zero attached hydrogens (tertiary/aromatic N) is 2. The predicted molar refractivity (Wildman–Crippen MR) is 105 cm³/mol. The molecule has 1 aliphatic rings. The fourth-order valence-corrected chi connectivity index (χ4v) is 3.18. The highest BCUT2D eigenvalue weighted by molar-refractivity contribution is 5.95. The molecule has 1 aliphatic heterocycles. The molecule has 0 amide bonds. The number of hydrogen-bond acceptors (Lipinski definition) is 5. The monoisotopic (exact) mass is 378 g/mol. The van der Waals surface area contributed by atoms with E-state index >= 15 is 0 Å². The molecule has 1 fully saturated rings. The zero-order valence-corrected chi connectivity index (χ0v) is 15.7. The van der Waals surface area contributed by atoms with Gasteiger partial charge < -0.3 is 14.2 Å². The molecular weight excluding hydrogens is 356 g/mol. The van der Waals surface area contributed by atoms with E-state index in [2.05, 4.69) is 5.10 Å². The molecule has 0 saturated carbocycles. The Kier molecular flexibility index (Phi) is 5.39. The van der Waals surface area contributed by atoms with Gasteiger partial charge in [-0.1, -0.05) is 30.3 Å². The van der Waals surface area contributed by atoms with Gasteiger partial charge in [-0.15, -0.1) is 0 Å². The fourth-order valence-electron chi connectivity index (χ4n) is 3.18. The van der Waals surface area contributed by atoms with Crippen LogP contribution in [0.1, 0.15) is 23.2 Å². The second kappa shape index (κ2) is 8.27. The Morgan fingerprint density at radius 3 is 2.79 bits per heavy atom. The number of aromatic nitrogens is 2. The minimum absolute atomic E-state index is 0.0207. The van der Waals surface area contributed by atoms with Crippen LogP contribution in [0.5, 0.6) is 11.5 Å². The molecule has 1 saturated heterocycles. The third-order valence-electron chi connectivity index (χ3n) is 4.65. The molecule has 2 aromatic carbocycles. The second-order valence-electron chi connectivity index (χ2n) is 6.61. The predicted octanol–water partition coefficient (Wildman–Crippen LogP) is 3.96. The van der Waals surface area contributed by atoms with Crippen molar-refractivity contribution in [2.75, 3.05) is 13.7 Å². The van der Waals surface area contributed by atoms with Gasteiger partial charge in [-0.05, 0) is 30.7 Å². The first kappa shape index (κ1) is 18.3. The van der Waals surface area contributed by atoms with Gasteiger partial charge in [0.2, 0.25) is 0 Å². The van der Waals surface area contributed by atoms with E-state index in [9.17, 15) is 4.79 Å². The van der Waals surface area contributed by atoms with E-state index in [0.717, 1.165) is 24.1 Å². The molecule has 2 heterocycles. The van der Waals surface area contributed by atoms with E-state index in [1.165, 1.54) is 0 Å². The molecule has 144 valence electrons. The highest BCUT2D eigenvalue weighted by Gasteiger charge is 2.19. The van der Waals surface area contributed by atoms with Gasteiger partial charge in [0.25, 0.3) is 0 Å². The van der Waals surface area contributed by atoms with Crippen molar-refractivity contribution in [1.82, 2.24) is 9.78 Å². The van der Waals surface area contributed by atoms with Gasteiger partial charge in [-0.25, -0.2) is 0 Å². The van der Waals surface area contributed by atoms with Crippen molar-refractivity contribution in [3.63, 3.8) is 0 Å². The Balaban J connectivity index is 1.52. The maximum absolute atomic E-state index is 12.4. The van der Waals surface area contributed by atoms with E-state index in [0.29, 0.717) is 23.7 Å². The van der Waals surface area contributed by atoms with Crippen LogP contribution in [-0.4, -0.2) is 35.6 Å². The van der Waals surface area contributed by atoms with Gasteiger partial charge in [0, 0.05) is 23.7 Å². The number of ether oxygens (including phenoxy) is 3. The molecule has 0 aliphatic carbocycles. The van der Waals surface area contributed by atoms with Crippen LogP contribution in [-0.2, 0) is 11.3 Å². The topological polar surface area (TPSA) is 62.6 Å². The van der Waals surface area contributed by atoms with Crippen LogP contribution in [0.25, 0.3) is 11.3 Å². The number of ketones is 1. The van der Waals surface area contributed by atoms with Crippen LogP contribution in [0, 0.1) is 0 Å². The molecule has 3 aromatic rings. The summed E-state index contributed by atoms with van der Waals surface area (Å²) in [6.45, 7) is 0.909. The van der Waals surface area contributed by atoms with E-state index in [4.69, 9.17) is 14.2 Å². The van der Waals surface area contributed by atoms with Crippen LogP contribution in [0.2, 0.25) is 0 Å². The third-order valence-corrected chi connectivity index (χ3v) is 4.65. The Bertz CT molecular complexity index is 946. The summed E-state index contributed by atoms with van der Waals surface area (Å²) in [5.41, 5.74) is 2.33. The number of hydrogen-bond donors (Lipinski definition) is 0. The second-order valence-corrected chi connectivity index (χ2v) is 6.61. The SMILES string of the molecule is COc1ccc(-c2ccn(CC(=O)c3ccccc3)n2)cc1OC1CCCO1. The highest BCUT2D eigenvalue weighted by Crippen LogP contribution is 2.34. The summed E-state index contributed by atoms with van der Waals surface area (Å²) >= 11 is 0. The molecule has 0 radical (unpaired) electrons. The van der Waals surface area contributed by atoms with Crippen molar-refractivity contribution in [3.05, 3.63) is 66.4 Å². The van der Waals surface area contributed by atoms with Crippen LogP contribution < -0.4 is 9.47 Å². The summed E-state index contributed by atoms with van der Waals surface area (Å²) in [4.78, 5) is 12.4. The maximum Gasteiger partial charge on any atom is 0.200 e. The van der Waals surface area contributed by atoms with Crippen molar-refractivity contribution in [2.24, 2.45) is 0 Å². The quantitative estimate of drug-likeness (QED) is 0.583. The smallest absolute Gasteiger partial charge is 0.200 e. The lowest BCUT2D eigenvalue weighted by Gasteiger charge is -2.16. The minimum Gasteiger partial charge on any atom is -0.493 e. The van der Waals surface area contributed by atoms with Gasteiger partial charge in [0.15, 0.2) is 23.6 Å². The van der Waals surface area contributed by atoms with Gasteiger partial charge in [0.05, 0.1) is 19.4 Å². The average molecular weight is 378 g/mol. The number of carbonyl (C=O) groups excluding carboxylic acids is 1. The Morgan fingerprint density at radius 2 is 2.04 bits per heavy atom. The molecule has 6 nitrogen and oxygen atoms in total. The van der Waals surface area contributed by atoms with Crippen LogP contribution >= 0.6 is 0 Å². The molecule has 1 aromatic heterocycles. The summed E-state index contributed by atoms with van der Waals surface area (Å²) in [7, 11) is 1.61. The Labute approximate surface area is 163 Å². The first-order valence-corrected chi connectivity index (χ1v) is 9.31. The Hall–Kier alpha value is -3.12. The highest BCUT2D eigenvalue weighted by atomic mass is 16.7. The van der Waals surface area contributed by atoms with Gasteiger partial charge in [-0.3, -0.25) is 9.48 Å². The molecule has 1 unspecified atom stereocenters. The lowest BCUT2D eigenvalue weighted by molar-refractivity contribution is -0.0402. The van der Waals surface area contributed by atoms with Crippen molar-refractivity contribution >= 4 is 5.78 Å². The number of methoxy groups -OCH3 is 1. The molecule has 0 N–H and O–H groups in total. The number of benzene rings is 2. The largest absolute Gasteiger partial charge is 0.493 e. The average Bonchev–Trinajstić information content (AvgIpc) is 3.41. The van der Waals surface area contributed by atoms with Crippen molar-refractivity contribution < 1.29 is 19.0 Å². The zero-order valence-electron chi connectivity index (χ0n) is 15.7. The number of Topliss-reactive ketones (excluding diaryl/α,β-unsaturated/α-hetero) is 1. The maximum atomic E-state index is 12.4. The molecule has 1 atom stereocenters. The molecular formula is C22H22N2O4. The standard InChI is InChI=1S/C22H22N2O4/c1-26-20-10-9-17(14-21(20)28-22-8-5-13-27-22)18-11-12-24(23-18)15-19(25)16-6-3-2-4-7-16/h2-4,6-7,9-12,14,22H,5,8,13,15H2,1H3. The Morgan fingerprint density at radius 1 is 1.18 bits per heavy atom. The first-order valence-electron chi connectivity index (χ1n) is 9.31. The molecule has 4 rings (SSSR count). The normalized spacial score (nSPS) is 16.1. The number of rotatable bonds is 7. The molecule has 28 heavy (non-hydrogen) atoms. The lowest BCUT2D eigenvalue weighted by atomic mass is 10.1. The van der Waals surface area contributed by atoms with Crippen molar-refractivity contribution in [3.8, 4) is 22.8 Å². The summed E-state index contributed by atoms with van der Waals surface area (Å²) in [6, 6.07) is 16.8. The van der Waals surface area contributed by atoms with E-state index in [1.54, 1.807) is 18.0 Å². The summed E-state index contributed by atoms with van der Waals surface area (Å²) in [5, 5.41) is 4.54. The fraction of sp³-hybridized carbons (Fsp3) is 0.273. The third kappa shape index (κ3) is 4.07. The minimum atomic E-state index is -0.245. The van der Waals surface area contributed by atoms with Crippen LogP contribution in [0.15, 0.2) is 60.8 Å². The zero-order chi connectivity index (χ0) is 19.3.